The minimum Gasteiger partial charge on any atom is -0.388 e. The number of aliphatic hydroxyl groups is 1. The second-order valence-corrected chi connectivity index (χ2v) is 9.66. The fourth-order valence-electron chi connectivity index (χ4n) is 5.62. The fourth-order valence-corrected chi connectivity index (χ4v) is 5.62. The molecule has 0 radical (unpaired) electrons. The van der Waals surface area contributed by atoms with Crippen molar-refractivity contribution in [3.63, 3.8) is 0 Å². The van der Waals surface area contributed by atoms with Crippen LogP contribution in [0.5, 0.6) is 0 Å². The topological polar surface area (TPSA) is 81.3 Å². The molecule has 1 atom stereocenters. The molecule has 5 rings (SSSR count). The minimum absolute atomic E-state index is 0.101. The number of hydrogen-bond acceptors (Lipinski definition) is 4. The lowest BCUT2D eigenvalue weighted by molar-refractivity contribution is -0.117. The van der Waals surface area contributed by atoms with E-state index in [4.69, 9.17) is 0 Å². The van der Waals surface area contributed by atoms with Crippen LogP contribution in [-0.4, -0.2) is 40.1 Å². The molecule has 6 nitrogen and oxygen atoms in total. The van der Waals surface area contributed by atoms with E-state index >= 15 is 0 Å². The molecule has 2 heterocycles. The first-order valence-electron chi connectivity index (χ1n) is 12.6. The quantitative estimate of drug-likeness (QED) is 0.554. The van der Waals surface area contributed by atoms with Gasteiger partial charge >= 0.3 is 0 Å². The number of aromatic nitrogens is 1. The summed E-state index contributed by atoms with van der Waals surface area (Å²) in [5.74, 6) is 0.699. The molecule has 1 aliphatic carbocycles. The molecule has 1 fully saturated rings. The Morgan fingerprint density at radius 1 is 1.03 bits per heavy atom. The zero-order valence-corrected chi connectivity index (χ0v) is 20.0. The van der Waals surface area contributed by atoms with Gasteiger partial charge in [-0.2, -0.15) is 5.26 Å². The van der Waals surface area contributed by atoms with Crippen molar-refractivity contribution in [3.8, 4) is 11.8 Å². The van der Waals surface area contributed by atoms with Gasteiger partial charge in [0, 0.05) is 11.4 Å². The number of nitriles is 1. The number of nitrogens with zero attached hydrogens (tertiary/aromatic N) is 3. The van der Waals surface area contributed by atoms with Gasteiger partial charge in [0.1, 0.15) is 11.9 Å². The second kappa shape index (κ2) is 10.5. The van der Waals surface area contributed by atoms with Crippen LogP contribution in [0.3, 0.4) is 0 Å². The summed E-state index contributed by atoms with van der Waals surface area (Å²) in [5, 5.41) is 23.9. The van der Waals surface area contributed by atoms with Crippen LogP contribution in [0.1, 0.15) is 54.2 Å². The number of piperidine rings is 1. The molecule has 1 amide bonds. The average Bonchev–Trinajstić information content (AvgIpc) is 3.22. The molecule has 6 heteroatoms. The summed E-state index contributed by atoms with van der Waals surface area (Å²) in [6.07, 6.45) is 5.17. The molecule has 180 valence electrons. The zero-order valence-electron chi connectivity index (χ0n) is 20.0. The number of fused-ring (bicyclic) bond motifs is 1. The van der Waals surface area contributed by atoms with Gasteiger partial charge in [-0.15, -0.1) is 0 Å². The van der Waals surface area contributed by atoms with Gasteiger partial charge in [-0.3, -0.25) is 14.3 Å². The molecular weight excluding hydrogens is 436 g/mol. The van der Waals surface area contributed by atoms with Crippen molar-refractivity contribution >= 4 is 11.7 Å². The highest BCUT2D eigenvalue weighted by atomic mass is 16.3. The number of para-hydroxylation sites is 1. The van der Waals surface area contributed by atoms with Crippen molar-refractivity contribution in [1.82, 2.24) is 9.47 Å². The van der Waals surface area contributed by atoms with Crippen molar-refractivity contribution < 1.29 is 9.90 Å². The molecule has 1 aromatic heterocycles. The lowest BCUT2D eigenvalue weighted by Gasteiger charge is -2.34. The van der Waals surface area contributed by atoms with E-state index in [0.717, 1.165) is 74.1 Å². The van der Waals surface area contributed by atoms with Gasteiger partial charge < -0.3 is 10.4 Å². The molecule has 35 heavy (non-hydrogen) atoms. The van der Waals surface area contributed by atoms with E-state index in [1.54, 1.807) is 0 Å². The predicted molar refractivity (Wildman–Crippen MR) is 136 cm³/mol. The predicted octanol–water partition coefficient (Wildman–Crippen LogP) is 4.61. The van der Waals surface area contributed by atoms with E-state index in [0.29, 0.717) is 11.4 Å². The van der Waals surface area contributed by atoms with Crippen molar-refractivity contribution in [3.05, 3.63) is 83.0 Å². The third kappa shape index (κ3) is 4.88. The first-order valence-corrected chi connectivity index (χ1v) is 12.6. The SMILES string of the molecule is N#Cc1c2c(n(-c3ccccc3)c1NC(=O)CN1CCC(C(O)c3ccccc3)CC1)CCCC2. The zero-order chi connectivity index (χ0) is 24.2. The smallest absolute Gasteiger partial charge is 0.239 e. The summed E-state index contributed by atoms with van der Waals surface area (Å²) in [4.78, 5) is 15.3. The average molecular weight is 469 g/mol. The monoisotopic (exact) mass is 468 g/mol. The van der Waals surface area contributed by atoms with E-state index in [9.17, 15) is 15.2 Å². The summed E-state index contributed by atoms with van der Waals surface area (Å²) >= 11 is 0. The Balaban J connectivity index is 1.29. The van der Waals surface area contributed by atoms with Gasteiger partial charge in [0.05, 0.1) is 18.2 Å². The van der Waals surface area contributed by atoms with Gasteiger partial charge in [-0.05, 0) is 80.8 Å². The largest absolute Gasteiger partial charge is 0.388 e. The molecule has 1 saturated heterocycles. The van der Waals surface area contributed by atoms with Gasteiger partial charge in [0.2, 0.25) is 5.91 Å². The molecule has 1 aliphatic heterocycles. The molecule has 1 unspecified atom stereocenters. The van der Waals surface area contributed by atoms with E-state index in [1.165, 1.54) is 0 Å². The lowest BCUT2D eigenvalue weighted by Crippen LogP contribution is -2.40. The molecule has 2 N–H and O–H groups in total. The highest BCUT2D eigenvalue weighted by Crippen LogP contribution is 2.36. The number of anilines is 1. The summed E-state index contributed by atoms with van der Waals surface area (Å²) < 4.78 is 2.08. The van der Waals surface area contributed by atoms with Crippen molar-refractivity contribution in [2.24, 2.45) is 5.92 Å². The Kier molecular flexibility index (Phi) is 6.98. The van der Waals surface area contributed by atoms with Crippen LogP contribution in [0, 0.1) is 17.2 Å². The molecule has 2 aromatic carbocycles. The Hall–Kier alpha value is -3.40. The summed E-state index contributed by atoms with van der Waals surface area (Å²) in [7, 11) is 0. The van der Waals surface area contributed by atoms with Crippen LogP contribution >= 0.6 is 0 Å². The summed E-state index contributed by atoms with van der Waals surface area (Å²) in [6.45, 7) is 1.82. The Bertz CT molecular complexity index is 1200. The highest BCUT2D eigenvalue weighted by molar-refractivity contribution is 5.93. The number of nitrogens with one attached hydrogen (secondary N) is 1. The molecule has 0 bridgehead atoms. The normalized spacial score (nSPS) is 17.4. The van der Waals surface area contributed by atoms with Gasteiger partial charge in [-0.1, -0.05) is 48.5 Å². The fraction of sp³-hybridized carbons (Fsp3) is 0.379. The number of likely N-dealkylation sites (tertiary alicyclic amines) is 1. The first-order chi connectivity index (χ1) is 17.2. The maximum Gasteiger partial charge on any atom is 0.239 e. The van der Waals surface area contributed by atoms with Crippen LogP contribution in [0.4, 0.5) is 5.82 Å². The van der Waals surface area contributed by atoms with Crippen molar-refractivity contribution in [1.29, 1.82) is 5.26 Å². The third-order valence-corrected chi connectivity index (χ3v) is 7.44. The number of carbonyl (C=O) groups is 1. The van der Waals surface area contributed by atoms with Crippen LogP contribution in [0.2, 0.25) is 0 Å². The first kappa shape index (κ1) is 23.3. The number of rotatable bonds is 6. The molecule has 0 saturated carbocycles. The molecule has 0 spiro atoms. The second-order valence-electron chi connectivity index (χ2n) is 9.66. The van der Waals surface area contributed by atoms with Crippen molar-refractivity contribution in [2.45, 2.75) is 44.6 Å². The van der Waals surface area contributed by atoms with Gasteiger partial charge in [-0.25, -0.2) is 0 Å². The van der Waals surface area contributed by atoms with E-state index in [1.807, 2.05) is 60.7 Å². The maximum atomic E-state index is 13.2. The number of amides is 1. The Morgan fingerprint density at radius 3 is 2.37 bits per heavy atom. The Morgan fingerprint density at radius 2 is 1.69 bits per heavy atom. The third-order valence-electron chi connectivity index (χ3n) is 7.44. The minimum atomic E-state index is -0.467. The van der Waals surface area contributed by atoms with E-state index in [2.05, 4.69) is 20.9 Å². The number of carbonyl (C=O) groups excluding carboxylic acids is 1. The van der Waals surface area contributed by atoms with Crippen LogP contribution in [0.15, 0.2) is 60.7 Å². The highest BCUT2D eigenvalue weighted by Gasteiger charge is 2.29. The molecule has 3 aromatic rings. The summed E-state index contributed by atoms with van der Waals surface area (Å²) in [6, 6.07) is 22.2. The van der Waals surface area contributed by atoms with Gasteiger partial charge in [0.15, 0.2) is 0 Å². The van der Waals surface area contributed by atoms with Crippen LogP contribution in [0.25, 0.3) is 5.69 Å². The van der Waals surface area contributed by atoms with E-state index < -0.39 is 6.10 Å². The van der Waals surface area contributed by atoms with E-state index in [-0.39, 0.29) is 18.4 Å². The van der Waals surface area contributed by atoms with Crippen molar-refractivity contribution in [2.75, 3.05) is 25.0 Å². The molecular formula is C29H32N4O2. The summed E-state index contributed by atoms with van der Waals surface area (Å²) in [5.41, 5.74) is 4.75. The number of aliphatic hydroxyl groups excluding tert-OH is 1. The molecule has 2 aliphatic rings. The van der Waals surface area contributed by atoms with Crippen LogP contribution in [-0.2, 0) is 17.6 Å². The Labute approximate surface area is 206 Å². The number of benzene rings is 2. The lowest BCUT2D eigenvalue weighted by atomic mass is 9.87. The van der Waals surface area contributed by atoms with Crippen LogP contribution < -0.4 is 5.32 Å². The maximum absolute atomic E-state index is 13.2. The standard InChI is InChI=1S/C29H32N4O2/c30-19-25-24-13-7-8-14-26(24)33(23-11-5-2-6-12-23)29(25)31-27(34)20-32-17-15-22(16-18-32)28(35)21-9-3-1-4-10-21/h1-6,9-12,22,28,35H,7-8,13-18,20H2,(H,31,34). The number of hydrogen-bond donors (Lipinski definition) is 2. The van der Waals surface area contributed by atoms with Gasteiger partial charge in [0.25, 0.3) is 0 Å².